The van der Waals surface area contributed by atoms with Crippen LogP contribution < -0.4 is 15.5 Å². The highest BCUT2D eigenvalue weighted by Crippen LogP contribution is 2.11. The molecular formula is C14H19N3OS. The minimum absolute atomic E-state index is 0.482. The molecule has 0 spiro atoms. The van der Waals surface area contributed by atoms with Crippen LogP contribution in [0.4, 0.5) is 0 Å². The van der Waals surface area contributed by atoms with Crippen LogP contribution in [0.5, 0.6) is 5.75 Å². The molecule has 2 N–H and O–H groups in total. The summed E-state index contributed by atoms with van der Waals surface area (Å²) in [6, 6.07) is 7.69. The predicted molar refractivity (Wildman–Crippen MR) is 83.8 cm³/mol. The molecule has 1 rings (SSSR count). The van der Waals surface area contributed by atoms with Crippen molar-refractivity contribution in [2.24, 2.45) is 5.10 Å². The highest BCUT2D eigenvalue weighted by molar-refractivity contribution is 7.80. The van der Waals surface area contributed by atoms with Crippen molar-refractivity contribution in [3.05, 3.63) is 42.0 Å². The van der Waals surface area contributed by atoms with Crippen LogP contribution in [0.3, 0.4) is 0 Å². The van der Waals surface area contributed by atoms with Crippen molar-refractivity contribution in [1.29, 1.82) is 0 Å². The summed E-state index contributed by atoms with van der Waals surface area (Å²) in [4.78, 5) is 0. The Balaban J connectivity index is 2.55. The van der Waals surface area contributed by atoms with E-state index in [-0.39, 0.29) is 0 Å². The molecule has 5 heteroatoms. The fourth-order valence-corrected chi connectivity index (χ4v) is 1.42. The fraction of sp³-hybridized carbons (Fsp3) is 0.286. The van der Waals surface area contributed by atoms with E-state index in [4.69, 9.17) is 17.0 Å². The Bertz CT molecular complexity index is 480. The Morgan fingerprint density at radius 2 is 1.95 bits per heavy atom. The lowest BCUT2D eigenvalue weighted by atomic mass is 10.1. The SMILES string of the molecule is C=C(C)CNC(=S)N/N=C(\C)c1ccc(OC)cc1. The van der Waals surface area contributed by atoms with Crippen LogP contribution in [0.1, 0.15) is 19.4 Å². The van der Waals surface area contributed by atoms with Gasteiger partial charge in [-0.25, -0.2) is 0 Å². The molecule has 0 aliphatic rings. The lowest BCUT2D eigenvalue weighted by Gasteiger charge is -2.08. The van der Waals surface area contributed by atoms with Gasteiger partial charge in [-0.15, -0.1) is 0 Å². The smallest absolute Gasteiger partial charge is 0.187 e. The first-order valence-electron chi connectivity index (χ1n) is 5.90. The standard InChI is InChI=1S/C14H19N3OS/c1-10(2)9-15-14(19)17-16-11(3)12-5-7-13(18-4)8-6-12/h5-8H,1,9H2,2-4H3,(H2,15,17,19)/b16-11+. The Morgan fingerprint density at radius 3 is 2.47 bits per heavy atom. The second-order valence-corrected chi connectivity index (χ2v) is 4.59. The Hall–Kier alpha value is -1.88. The van der Waals surface area contributed by atoms with Crippen LogP contribution in [0, 0.1) is 0 Å². The van der Waals surface area contributed by atoms with Crippen LogP contribution in [0.25, 0.3) is 0 Å². The van der Waals surface area contributed by atoms with Crippen molar-refractivity contribution in [3.63, 3.8) is 0 Å². The molecule has 0 bridgehead atoms. The van der Waals surface area contributed by atoms with Gasteiger partial charge in [0.25, 0.3) is 0 Å². The summed E-state index contributed by atoms with van der Waals surface area (Å²) in [5.41, 5.74) is 5.67. The summed E-state index contributed by atoms with van der Waals surface area (Å²) in [6.07, 6.45) is 0. The third kappa shape index (κ3) is 5.52. The number of hydrazone groups is 1. The number of nitrogens with zero attached hydrogens (tertiary/aromatic N) is 1. The van der Waals surface area contributed by atoms with Crippen LogP contribution >= 0.6 is 12.2 Å². The molecule has 1 aromatic rings. The van der Waals surface area contributed by atoms with E-state index < -0.39 is 0 Å². The first-order chi connectivity index (χ1) is 9.02. The molecule has 1 aromatic carbocycles. The van der Waals surface area contributed by atoms with Gasteiger partial charge < -0.3 is 10.1 Å². The predicted octanol–water partition coefficient (Wildman–Crippen LogP) is 2.46. The number of rotatable bonds is 5. The van der Waals surface area contributed by atoms with Crippen molar-refractivity contribution in [2.75, 3.05) is 13.7 Å². The van der Waals surface area contributed by atoms with Crippen molar-refractivity contribution in [1.82, 2.24) is 10.7 Å². The largest absolute Gasteiger partial charge is 0.497 e. The lowest BCUT2D eigenvalue weighted by Crippen LogP contribution is -2.33. The van der Waals surface area contributed by atoms with Gasteiger partial charge in [0, 0.05) is 6.54 Å². The summed E-state index contributed by atoms with van der Waals surface area (Å²) in [6.45, 7) is 8.28. The summed E-state index contributed by atoms with van der Waals surface area (Å²) >= 11 is 5.09. The molecule has 0 unspecified atom stereocenters. The van der Waals surface area contributed by atoms with Gasteiger partial charge >= 0.3 is 0 Å². The highest BCUT2D eigenvalue weighted by atomic mass is 32.1. The molecule has 0 saturated carbocycles. The first kappa shape index (κ1) is 15.2. The quantitative estimate of drug-likeness (QED) is 0.376. The van der Waals surface area contributed by atoms with Gasteiger partial charge in [0.05, 0.1) is 12.8 Å². The molecule has 102 valence electrons. The Morgan fingerprint density at radius 1 is 1.32 bits per heavy atom. The van der Waals surface area contributed by atoms with E-state index in [1.54, 1.807) is 7.11 Å². The second-order valence-electron chi connectivity index (χ2n) is 4.18. The zero-order valence-electron chi connectivity index (χ0n) is 11.5. The van der Waals surface area contributed by atoms with Crippen LogP contribution in [-0.2, 0) is 0 Å². The van der Waals surface area contributed by atoms with E-state index in [9.17, 15) is 0 Å². The molecule has 0 heterocycles. The molecule has 0 aliphatic carbocycles. The van der Waals surface area contributed by atoms with E-state index >= 15 is 0 Å². The average Bonchev–Trinajstić information content (AvgIpc) is 2.42. The van der Waals surface area contributed by atoms with E-state index in [1.165, 1.54) is 0 Å². The van der Waals surface area contributed by atoms with E-state index in [0.717, 1.165) is 22.6 Å². The van der Waals surface area contributed by atoms with E-state index in [2.05, 4.69) is 22.4 Å². The molecule has 0 fully saturated rings. The maximum absolute atomic E-state index is 5.11. The summed E-state index contributed by atoms with van der Waals surface area (Å²) in [5.74, 6) is 0.822. The molecular weight excluding hydrogens is 258 g/mol. The third-order valence-electron chi connectivity index (χ3n) is 2.38. The topological polar surface area (TPSA) is 45.7 Å². The molecule has 0 atom stereocenters. The number of nitrogens with one attached hydrogen (secondary N) is 2. The maximum atomic E-state index is 5.11. The van der Waals surface area contributed by atoms with Crippen LogP contribution in [0.2, 0.25) is 0 Å². The zero-order valence-corrected chi connectivity index (χ0v) is 12.3. The summed E-state index contributed by atoms with van der Waals surface area (Å²) in [5, 5.41) is 7.70. The number of hydrogen-bond donors (Lipinski definition) is 2. The lowest BCUT2D eigenvalue weighted by molar-refractivity contribution is 0.415. The molecule has 0 aromatic heterocycles. The van der Waals surface area contributed by atoms with Gasteiger partial charge in [-0.1, -0.05) is 12.2 Å². The molecule has 4 nitrogen and oxygen atoms in total. The second kappa shape index (κ2) is 7.53. The van der Waals surface area contributed by atoms with Crippen LogP contribution in [0.15, 0.2) is 41.5 Å². The molecule has 0 radical (unpaired) electrons. The van der Waals surface area contributed by atoms with Crippen molar-refractivity contribution in [2.45, 2.75) is 13.8 Å². The van der Waals surface area contributed by atoms with Crippen molar-refractivity contribution < 1.29 is 4.74 Å². The maximum Gasteiger partial charge on any atom is 0.187 e. The Labute approximate surface area is 119 Å². The minimum atomic E-state index is 0.482. The molecule has 19 heavy (non-hydrogen) atoms. The molecule has 0 amide bonds. The third-order valence-corrected chi connectivity index (χ3v) is 2.62. The van der Waals surface area contributed by atoms with Gasteiger partial charge in [0.1, 0.15) is 5.75 Å². The summed E-state index contributed by atoms with van der Waals surface area (Å²) < 4.78 is 5.11. The first-order valence-corrected chi connectivity index (χ1v) is 6.30. The van der Waals surface area contributed by atoms with Crippen molar-refractivity contribution >= 4 is 23.0 Å². The van der Waals surface area contributed by atoms with E-state index in [1.807, 2.05) is 38.1 Å². The monoisotopic (exact) mass is 277 g/mol. The zero-order chi connectivity index (χ0) is 14.3. The average molecular weight is 277 g/mol. The Kier molecular flexibility index (Phi) is 6.02. The van der Waals surface area contributed by atoms with Gasteiger partial charge in [0.2, 0.25) is 0 Å². The van der Waals surface area contributed by atoms with Gasteiger partial charge in [-0.05, 0) is 55.9 Å². The van der Waals surface area contributed by atoms with Gasteiger partial charge in [-0.2, -0.15) is 5.10 Å². The normalized spacial score (nSPS) is 10.8. The van der Waals surface area contributed by atoms with Gasteiger partial charge in [-0.3, -0.25) is 5.43 Å². The van der Waals surface area contributed by atoms with Gasteiger partial charge in [0.15, 0.2) is 5.11 Å². The molecule has 0 saturated heterocycles. The number of thiocarbonyl (C=S) groups is 1. The van der Waals surface area contributed by atoms with Crippen LogP contribution in [-0.4, -0.2) is 24.5 Å². The van der Waals surface area contributed by atoms with E-state index in [0.29, 0.717) is 11.7 Å². The molecule has 0 aliphatic heterocycles. The highest BCUT2D eigenvalue weighted by Gasteiger charge is 1.99. The summed E-state index contributed by atoms with van der Waals surface area (Å²) in [7, 11) is 1.64. The number of benzene rings is 1. The van der Waals surface area contributed by atoms with Crippen molar-refractivity contribution in [3.8, 4) is 5.75 Å². The number of ether oxygens (including phenoxy) is 1. The minimum Gasteiger partial charge on any atom is -0.497 e. The number of methoxy groups -OCH3 is 1. The number of hydrogen-bond acceptors (Lipinski definition) is 3. The fourth-order valence-electron chi connectivity index (χ4n) is 1.30.